The number of nitrogens with one attached hydrogen (secondary N) is 1. The van der Waals surface area contributed by atoms with E-state index in [1.807, 2.05) is 12.1 Å². The number of hydrogen-bond donors (Lipinski definition) is 1. The van der Waals surface area contributed by atoms with Gasteiger partial charge in [-0.25, -0.2) is 0 Å². The second-order valence-corrected chi connectivity index (χ2v) is 7.91. The second-order valence-electron chi connectivity index (χ2n) is 6.92. The highest BCUT2D eigenvalue weighted by molar-refractivity contribution is 8.00. The van der Waals surface area contributed by atoms with Crippen LogP contribution >= 0.6 is 11.8 Å². The monoisotopic (exact) mass is 407 g/mol. The lowest BCUT2D eigenvalue weighted by molar-refractivity contribution is -0.132. The Labute approximate surface area is 170 Å². The number of ether oxygens (including phenoxy) is 2. The maximum absolute atomic E-state index is 12.2. The Morgan fingerprint density at radius 2 is 1.57 bits per heavy atom. The van der Waals surface area contributed by atoms with Crippen molar-refractivity contribution in [3.8, 4) is 0 Å². The van der Waals surface area contributed by atoms with Crippen LogP contribution in [0, 0.1) is 0 Å². The van der Waals surface area contributed by atoms with Crippen LogP contribution in [0.5, 0.6) is 0 Å². The van der Waals surface area contributed by atoms with Crippen molar-refractivity contribution in [2.45, 2.75) is 13.1 Å². The van der Waals surface area contributed by atoms with Crippen molar-refractivity contribution in [3.05, 3.63) is 35.4 Å². The van der Waals surface area contributed by atoms with Crippen LogP contribution in [-0.4, -0.2) is 85.7 Å². The van der Waals surface area contributed by atoms with Crippen LogP contribution in [0.2, 0.25) is 0 Å². The molecule has 2 heterocycles. The first-order chi connectivity index (χ1) is 13.7. The molecule has 0 unspecified atom stereocenters. The summed E-state index contributed by atoms with van der Waals surface area (Å²) in [5, 5.41) is 2.98. The van der Waals surface area contributed by atoms with Crippen LogP contribution in [0.4, 0.5) is 0 Å². The SMILES string of the molecule is O=C(CSCC(=O)N1CCOCC1)NCc1ccccc1CN1CCOCC1. The summed E-state index contributed by atoms with van der Waals surface area (Å²) in [6, 6.07) is 8.21. The molecule has 0 spiro atoms. The Kier molecular flexibility index (Phi) is 8.60. The Bertz CT molecular complexity index is 646. The minimum Gasteiger partial charge on any atom is -0.379 e. The molecule has 2 amide bonds. The lowest BCUT2D eigenvalue weighted by Crippen LogP contribution is -2.41. The number of nitrogens with zero attached hydrogens (tertiary/aromatic N) is 2. The topological polar surface area (TPSA) is 71.1 Å². The molecule has 2 fully saturated rings. The quantitative estimate of drug-likeness (QED) is 0.685. The smallest absolute Gasteiger partial charge is 0.232 e. The summed E-state index contributed by atoms with van der Waals surface area (Å²) in [6.07, 6.45) is 0. The van der Waals surface area contributed by atoms with E-state index in [-0.39, 0.29) is 11.8 Å². The zero-order valence-electron chi connectivity index (χ0n) is 16.2. The van der Waals surface area contributed by atoms with Gasteiger partial charge in [0.25, 0.3) is 0 Å². The summed E-state index contributed by atoms with van der Waals surface area (Å²) >= 11 is 1.36. The average molecular weight is 408 g/mol. The van der Waals surface area contributed by atoms with E-state index in [4.69, 9.17) is 9.47 Å². The Hall–Kier alpha value is -1.61. The van der Waals surface area contributed by atoms with Gasteiger partial charge in [0.2, 0.25) is 11.8 Å². The van der Waals surface area contributed by atoms with Gasteiger partial charge in [0, 0.05) is 39.3 Å². The van der Waals surface area contributed by atoms with Crippen molar-refractivity contribution >= 4 is 23.6 Å². The summed E-state index contributed by atoms with van der Waals surface area (Å²) in [6.45, 7) is 7.30. The molecule has 154 valence electrons. The molecule has 3 rings (SSSR count). The van der Waals surface area contributed by atoms with Crippen LogP contribution < -0.4 is 5.32 Å². The molecule has 0 atom stereocenters. The van der Waals surface area contributed by atoms with Gasteiger partial charge < -0.3 is 19.7 Å². The number of hydrogen-bond acceptors (Lipinski definition) is 6. The Balaban J connectivity index is 1.38. The maximum Gasteiger partial charge on any atom is 0.232 e. The third-order valence-electron chi connectivity index (χ3n) is 4.91. The lowest BCUT2D eigenvalue weighted by Gasteiger charge is -2.27. The van der Waals surface area contributed by atoms with Gasteiger partial charge in [0.05, 0.1) is 37.9 Å². The summed E-state index contributed by atoms with van der Waals surface area (Å²) in [4.78, 5) is 28.4. The van der Waals surface area contributed by atoms with Crippen molar-refractivity contribution in [2.24, 2.45) is 0 Å². The lowest BCUT2D eigenvalue weighted by atomic mass is 10.1. The van der Waals surface area contributed by atoms with Gasteiger partial charge >= 0.3 is 0 Å². The van der Waals surface area contributed by atoms with E-state index in [0.29, 0.717) is 44.4 Å². The van der Waals surface area contributed by atoms with E-state index in [0.717, 1.165) is 38.4 Å². The largest absolute Gasteiger partial charge is 0.379 e. The summed E-state index contributed by atoms with van der Waals surface area (Å²) in [5.74, 6) is 0.667. The average Bonchev–Trinajstić information content (AvgIpc) is 2.74. The predicted molar refractivity (Wildman–Crippen MR) is 109 cm³/mol. The third kappa shape index (κ3) is 6.77. The normalized spacial score (nSPS) is 18.1. The number of morpholine rings is 2. The molecule has 8 heteroatoms. The van der Waals surface area contributed by atoms with E-state index in [9.17, 15) is 9.59 Å². The van der Waals surface area contributed by atoms with E-state index < -0.39 is 0 Å². The molecule has 7 nitrogen and oxygen atoms in total. The molecule has 0 saturated carbocycles. The number of carbonyl (C=O) groups excluding carboxylic acids is 2. The minimum absolute atomic E-state index is 0.0408. The van der Waals surface area contributed by atoms with Gasteiger partial charge in [-0.2, -0.15) is 0 Å². The highest BCUT2D eigenvalue weighted by atomic mass is 32.2. The van der Waals surface area contributed by atoms with Crippen LogP contribution in [0.15, 0.2) is 24.3 Å². The molecule has 28 heavy (non-hydrogen) atoms. The fourth-order valence-corrected chi connectivity index (χ4v) is 4.01. The highest BCUT2D eigenvalue weighted by Crippen LogP contribution is 2.13. The van der Waals surface area contributed by atoms with Gasteiger partial charge in [0.15, 0.2) is 0 Å². The molecule has 1 N–H and O–H groups in total. The molecular weight excluding hydrogens is 378 g/mol. The Morgan fingerprint density at radius 1 is 0.929 bits per heavy atom. The van der Waals surface area contributed by atoms with Crippen LogP contribution in [0.1, 0.15) is 11.1 Å². The van der Waals surface area contributed by atoms with Crippen molar-refractivity contribution < 1.29 is 19.1 Å². The Morgan fingerprint density at radius 3 is 2.29 bits per heavy atom. The van der Waals surface area contributed by atoms with E-state index in [1.165, 1.54) is 17.3 Å². The maximum atomic E-state index is 12.2. The number of rotatable bonds is 8. The molecule has 2 saturated heterocycles. The number of thioether (sulfide) groups is 1. The first-order valence-electron chi connectivity index (χ1n) is 9.79. The third-order valence-corrected chi connectivity index (χ3v) is 5.83. The molecule has 0 aliphatic carbocycles. The van der Waals surface area contributed by atoms with Crippen molar-refractivity contribution in [1.29, 1.82) is 0 Å². The standard InChI is InChI=1S/C20H29N3O4S/c24-19(15-28-16-20(25)23-7-11-27-12-8-23)21-13-17-3-1-2-4-18(17)14-22-5-9-26-10-6-22/h1-4H,5-16H2,(H,21,24). The number of amides is 2. The number of carbonyl (C=O) groups is 2. The van der Waals surface area contributed by atoms with Gasteiger partial charge in [-0.05, 0) is 11.1 Å². The fraction of sp³-hybridized carbons (Fsp3) is 0.600. The molecule has 0 bridgehead atoms. The van der Waals surface area contributed by atoms with Gasteiger partial charge in [-0.3, -0.25) is 14.5 Å². The number of benzene rings is 1. The van der Waals surface area contributed by atoms with Gasteiger partial charge in [0.1, 0.15) is 0 Å². The van der Waals surface area contributed by atoms with Crippen LogP contribution in [0.3, 0.4) is 0 Å². The molecule has 1 aromatic carbocycles. The summed E-state index contributed by atoms with van der Waals surface area (Å²) in [5.41, 5.74) is 2.37. The molecule has 0 aromatic heterocycles. The summed E-state index contributed by atoms with van der Waals surface area (Å²) in [7, 11) is 0. The van der Waals surface area contributed by atoms with Gasteiger partial charge in [-0.1, -0.05) is 24.3 Å². The van der Waals surface area contributed by atoms with Crippen molar-refractivity contribution in [1.82, 2.24) is 15.1 Å². The highest BCUT2D eigenvalue weighted by Gasteiger charge is 2.17. The second kappa shape index (κ2) is 11.4. The minimum atomic E-state index is -0.0408. The fourth-order valence-electron chi connectivity index (χ4n) is 3.26. The zero-order valence-corrected chi connectivity index (χ0v) is 17.0. The van der Waals surface area contributed by atoms with Crippen LogP contribution in [0.25, 0.3) is 0 Å². The molecule has 2 aliphatic heterocycles. The summed E-state index contributed by atoms with van der Waals surface area (Å²) < 4.78 is 10.7. The molecule has 2 aliphatic rings. The van der Waals surface area contributed by atoms with Crippen molar-refractivity contribution in [2.75, 3.05) is 64.1 Å². The van der Waals surface area contributed by atoms with Crippen molar-refractivity contribution in [3.63, 3.8) is 0 Å². The van der Waals surface area contributed by atoms with E-state index >= 15 is 0 Å². The first-order valence-corrected chi connectivity index (χ1v) is 10.9. The zero-order chi connectivity index (χ0) is 19.6. The van der Waals surface area contributed by atoms with E-state index in [2.05, 4.69) is 22.3 Å². The molecular formula is C20H29N3O4S. The first kappa shape index (κ1) is 21.1. The molecule has 0 radical (unpaired) electrons. The van der Waals surface area contributed by atoms with E-state index in [1.54, 1.807) is 4.90 Å². The van der Waals surface area contributed by atoms with Gasteiger partial charge in [-0.15, -0.1) is 11.8 Å². The molecule has 1 aromatic rings. The van der Waals surface area contributed by atoms with Crippen LogP contribution in [-0.2, 0) is 32.2 Å². The predicted octanol–water partition coefficient (Wildman–Crippen LogP) is 0.727.